The molecule has 0 aliphatic carbocycles. The first-order valence-corrected chi connectivity index (χ1v) is 5.61. The SMILES string of the molecule is CCOC(=O)N1CC(=O)c2sccc2C1. The lowest BCUT2D eigenvalue weighted by Crippen LogP contribution is -2.39. The van der Waals surface area contributed by atoms with E-state index in [1.54, 1.807) is 6.92 Å². The van der Waals surface area contributed by atoms with Crippen LogP contribution in [0.1, 0.15) is 22.2 Å². The Labute approximate surface area is 91.5 Å². The summed E-state index contributed by atoms with van der Waals surface area (Å²) in [4.78, 5) is 25.3. The smallest absolute Gasteiger partial charge is 0.410 e. The number of carbonyl (C=O) groups is 2. The Bertz CT molecular complexity index is 399. The second kappa shape index (κ2) is 4.02. The molecule has 4 nitrogen and oxygen atoms in total. The number of carbonyl (C=O) groups excluding carboxylic acids is 2. The van der Waals surface area contributed by atoms with E-state index in [-0.39, 0.29) is 12.3 Å². The summed E-state index contributed by atoms with van der Waals surface area (Å²) in [5.41, 5.74) is 0.921. The van der Waals surface area contributed by atoms with Crippen LogP contribution >= 0.6 is 11.3 Å². The fourth-order valence-corrected chi connectivity index (χ4v) is 2.40. The summed E-state index contributed by atoms with van der Waals surface area (Å²) in [5, 5.41) is 1.87. The van der Waals surface area contributed by atoms with Crippen molar-refractivity contribution < 1.29 is 14.3 Å². The monoisotopic (exact) mass is 225 g/mol. The van der Waals surface area contributed by atoms with E-state index in [2.05, 4.69) is 0 Å². The van der Waals surface area contributed by atoms with Crippen LogP contribution in [0.25, 0.3) is 0 Å². The molecule has 2 rings (SSSR count). The van der Waals surface area contributed by atoms with Crippen LogP contribution in [0.4, 0.5) is 4.79 Å². The van der Waals surface area contributed by atoms with Crippen molar-refractivity contribution in [2.75, 3.05) is 13.2 Å². The van der Waals surface area contributed by atoms with Gasteiger partial charge in [0.15, 0.2) is 5.78 Å². The number of hydrogen-bond donors (Lipinski definition) is 0. The number of Topliss-reactive ketones (excluding diaryl/α,β-unsaturated/α-hetero) is 1. The van der Waals surface area contributed by atoms with Crippen molar-refractivity contribution in [3.8, 4) is 0 Å². The topological polar surface area (TPSA) is 46.6 Å². The third-order valence-corrected chi connectivity index (χ3v) is 3.22. The molecule has 1 aliphatic rings. The average Bonchev–Trinajstić information content (AvgIpc) is 2.66. The molecule has 80 valence electrons. The second-order valence-corrected chi connectivity index (χ2v) is 4.17. The van der Waals surface area contributed by atoms with Crippen molar-refractivity contribution >= 4 is 23.2 Å². The van der Waals surface area contributed by atoms with Crippen molar-refractivity contribution in [1.82, 2.24) is 4.90 Å². The molecule has 1 aromatic rings. The van der Waals surface area contributed by atoms with Gasteiger partial charge < -0.3 is 4.74 Å². The zero-order valence-corrected chi connectivity index (χ0v) is 9.17. The molecule has 1 aliphatic heterocycles. The Hall–Kier alpha value is -1.36. The number of rotatable bonds is 1. The van der Waals surface area contributed by atoms with Crippen LogP contribution < -0.4 is 0 Å². The average molecular weight is 225 g/mol. The molecule has 1 amide bonds. The Morgan fingerprint density at radius 3 is 3.13 bits per heavy atom. The van der Waals surface area contributed by atoms with Crippen molar-refractivity contribution in [2.24, 2.45) is 0 Å². The minimum absolute atomic E-state index is 0.000645. The van der Waals surface area contributed by atoms with Gasteiger partial charge in [-0.1, -0.05) is 0 Å². The minimum atomic E-state index is -0.414. The summed E-state index contributed by atoms with van der Waals surface area (Å²) in [7, 11) is 0. The molecule has 0 atom stereocenters. The van der Waals surface area contributed by atoms with Crippen LogP contribution in [0, 0.1) is 0 Å². The van der Waals surface area contributed by atoms with Gasteiger partial charge in [0.2, 0.25) is 0 Å². The maximum atomic E-state index is 11.6. The maximum absolute atomic E-state index is 11.6. The van der Waals surface area contributed by atoms with Gasteiger partial charge in [-0.15, -0.1) is 11.3 Å². The first-order chi connectivity index (χ1) is 7.22. The van der Waals surface area contributed by atoms with Gasteiger partial charge in [0.25, 0.3) is 0 Å². The van der Waals surface area contributed by atoms with Gasteiger partial charge in [0.05, 0.1) is 24.6 Å². The molecule has 1 aromatic heterocycles. The van der Waals surface area contributed by atoms with Gasteiger partial charge in [0.1, 0.15) is 0 Å². The molecular weight excluding hydrogens is 214 g/mol. The lowest BCUT2D eigenvalue weighted by Gasteiger charge is -2.24. The molecule has 0 spiro atoms. The Balaban J connectivity index is 2.16. The van der Waals surface area contributed by atoms with Gasteiger partial charge in [-0.25, -0.2) is 4.79 Å². The molecule has 0 saturated carbocycles. The van der Waals surface area contributed by atoms with Crippen LogP contribution in [-0.4, -0.2) is 29.9 Å². The molecule has 2 heterocycles. The molecule has 15 heavy (non-hydrogen) atoms. The number of nitrogens with zero attached hydrogens (tertiary/aromatic N) is 1. The first kappa shape index (κ1) is 10.2. The highest BCUT2D eigenvalue weighted by Crippen LogP contribution is 2.24. The van der Waals surface area contributed by atoms with E-state index in [9.17, 15) is 9.59 Å². The third kappa shape index (κ3) is 1.87. The van der Waals surface area contributed by atoms with Crippen LogP contribution in [-0.2, 0) is 11.3 Å². The van der Waals surface area contributed by atoms with Crippen LogP contribution in [0.5, 0.6) is 0 Å². The predicted octanol–water partition coefficient (Wildman–Crippen LogP) is 1.90. The fraction of sp³-hybridized carbons (Fsp3) is 0.400. The lowest BCUT2D eigenvalue weighted by atomic mass is 10.1. The maximum Gasteiger partial charge on any atom is 0.410 e. The van der Waals surface area contributed by atoms with Crippen molar-refractivity contribution in [3.63, 3.8) is 0 Å². The van der Waals surface area contributed by atoms with E-state index in [1.807, 2.05) is 11.4 Å². The molecule has 0 saturated heterocycles. The molecule has 0 bridgehead atoms. The summed E-state index contributed by atoms with van der Waals surface area (Å²) in [6.07, 6.45) is -0.414. The quantitative estimate of drug-likeness (QED) is 0.733. The summed E-state index contributed by atoms with van der Waals surface area (Å²) in [6, 6.07) is 1.88. The molecular formula is C10H11NO3S. The highest BCUT2D eigenvalue weighted by atomic mass is 32.1. The van der Waals surface area contributed by atoms with E-state index in [0.29, 0.717) is 13.2 Å². The van der Waals surface area contributed by atoms with E-state index < -0.39 is 6.09 Å². The standard InChI is InChI=1S/C10H11NO3S/c1-2-14-10(13)11-5-7-3-4-15-9(7)8(12)6-11/h3-4H,2,5-6H2,1H3. The van der Waals surface area contributed by atoms with Crippen molar-refractivity contribution in [2.45, 2.75) is 13.5 Å². The summed E-state index contributed by atoms with van der Waals surface area (Å²) < 4.78 is 4.86. The highest BCUT2D eigenvalue weighted by Gasteiger charge is 2.27. The molecule has 5 heteroatoms. The number of amides is 1. The Morgan fingerprint density at radius 2 is 2.40 bits per heavy atom. The molecule has 0 N–H and O–H groups in total. The number of ketones is 1. The molecule has 0 fully saturated rings. The van der Waals surface area contributed by atoms with Crippen LogP contribution in [0.15, 0.2) is 11.4 Å². The van der Waals surface area contributed by atoms with Gasteiger partial charge in [0, 0.05) is 0 Å². The van der Waals surface area contributed by atoms with Crippen molar-refractivity contribution in [1.29, 1.82) is 0 Å². The zero-order chi connectivity index (χ0) is 10.8. The first-order valence-electron chi connectivity index (χ1n) is 4.73. The highest BCUT2D eigenvalue weighted by molar-refractivity contribution is 7.12. The third-order valence-electron chi connectivity index (χ3n) is 2.22. The van der Waals surface area contributed by atoms with Crippen molar-refractivity contribution in [3.05, 3.63) is 21.9 Å². The zero-order valence-electron chi connectivity index (χ0n) is 8.36. The van der Waals surface area contributed by atoms with Gasteiger partial charge in [-0.05, 0) is 23.9 Å². The van der Waals surface area contributed by atoms with Crippen LogP contribution in [0.2, 0.25) is 0 Å². The van der Waals surface area contributed by atoms with Gasteiger partial charge >= 0.3 is 6.09 Å². The Morgan fingerprint density at radius 1 is 1.60 bits per heavy atom. The number of ether oxygens (including phenoxy) is 1. The van der Waals surface area contributed by atoms with Crippen LogP contribution in [0.3, 0.4) is 0 Å². The normalized spacial score (nSPS) is 15.0. The fourth-order valence-electron chi connectivity index (χ4n) is 1.56. The summed E-state index contributed by atoms with van der Waals surface area (Å²) in [6.45, 7) is 2.69. The van der Waals surface area contributed by atoms with Gasteiger partial charge in [-0.2, -0.15) is 0 Å². The summed E-state index contributed by atoms with van der Waals surface area (Å²) in [5.74, 6) is -0.000645. The minimum Gasteiger partial charge on any atom is -0.450 e. The Kier molecular flexibility index (Phi) is 2.73. The lowest BCUT2D eigenvalue weighted by molar-refractivity contribution is 0.0802. The predicted molar refractivity (Wildman–Crippen MR) is 56.1 cm³/mol. The van der Waals surface area contributed by atoms with E-state index in [0.717, 1.165) is 10.4 Å². The van der Waals surface area contributed by atoms with E-state index in [1.165, 1.54) is 16.2 Å². The second-order valence-electron chi connectivity index (χ2n) is 3.25. The molecule has 0 radical (unpaired) electrons. The van der Waals surface area contributed by atoms with E-state index >= 15 is 0 Å². The largest absolute Gasteiger partial charge is 0.450 e. The molecule has 0 unspecified atom stereocenters. The number of hydrogen-bond acceptors (Lipinski definition) is 4. The van der Waals surface area contributed by atoms with E-state index in [4.69, 9.17) is 4.74 Å². The number of fused-ring (bicyclic) bond motifs is 1. The number of thiophene rings is 1. The van der Waals surface area contributed by atoms with Gasteiger partial charge in [-0.3, -0.25) is 9.69 Å². The summed E-state index contributed by atoms with van der Waals surface area (Å²) >= 11 is 1.43. The molecule has 0 aromatic carbocycles.